The standard InChI is InChI=1S/C21H19FN2O3S/c1-15-6-2-3-7-17(15)14-23-21(25)16-8-4-11-20(12-16)28(26,27)24-19-10-5-9-18(22)13-19/h2-13,24H,14H2,1H3,(H,23,25). The van der Waals surface area contributed by atoms with E-state index in [-0.39, 0.29) is 22.1 Å². The lowest BCUT2D eigenvalue weighted by atomic mass is 10.1. The summed E-state index contributed by atoms with van der Waals surface area (Å²) in [5, 5.41) is 2.79. The van der Waals surface area contributed by atoms with Gasteiger partial charge in [-0.3, -0.25) is 9.52 Å². The summed E-state index contributed by atoms with van der Waals surface area (Å²) in [6, 6.07) is 18.5. The highest BCUT2D eigenvalue weighted by Gasteiger charge is 2.17. The first-order valence-corrected chi connectivity index (χ1v) is 10.0. The number of amides is 1. The van der Waals surface area contributed by atoms with Crippen LogP contribution in [0.5, 0.6) is 0 Å². The van der Waals surface area contributed by atoms with E-state index in [0.29, 0.717) is 6.54 Å². The van der Waals surface area contributed by atoms with Crippen LogP contribution in [0.4, 0.5) is 10.1 Å². The van der Waals surface area contributed by atoms with Gasteiger partial charge in [-0.05, 0) is 54.4 Å². The lowest BCUT2D eigenvalue weighted by Gasteiger charge is -2.11. The average molecular weight is 398 g/mol. The van der Waals surface area contributed by atoms with Gasteiger partial charge in [-0.25, -0.2) is 12.8 Å². The van der Waals surface area contributed by atoms with Crippen molar-refractivity contribution in [2.75, 3.05) is 4.72 Å². The van der Waals surface area contributed by atoms with Crippen molar-refractivity contribution in [1.29, 1.82) is 0 Å². The van der Waals surface area contributed by atoms with Gasteiger partial charge in [-0.2, -0.15) is 0 Å². The topological polar surface area (TPSA) is 75.3 Å². The third-order valence-corrected chi connectivity index (χ3v) is 5.56. The number of nitrogens with one attached hydrogen (secondary N) is 2. The summed E-state index contributed by atoms with van der Waals surface area (Å²) in [5.74, 6) is -0.935. The first kappa shape index (κ1) is 19.6. The van der Waals surface area contributed by atoms with E-state index in [1.54, 1.807) is 0 Å². The number of hydrogen-bond donors (Lipinski definition) is 2. The van der Waals surface area contributed by atoms with Gasteiger partial charge < -0.3 is 5.32 Å². The van der Waals surface area contributed by atoms with Crippen LogP contribution in [-0.2, 0) is 16.6 Å². The lowest BCUT2D eigenvalue weighted by Crippen LogP contribution is -2.23. The highest BCUT2D eigenvalue weighted by Crippen LogP contribution is 2.18. The maximum atomic E-state index is 13.3. The van der Waals surface area contributed by atoms with Crippen molar-refractivity contribution in [3.05, 3.63) is 95.3 Å². The van der Waals surface area contributed by atoms with Crippen LogP contribution in [0.25, 0.3) is 0 Å². The van der Waals surface area contributed by atoms with E-state index in [0.717, 1.165) is 17.2 Å². The van der Waals surface area contributed by atoms with E-state index >= 15 is 0 Å². The number of halogens is 1. The first-order chi connectivity index (χ1) is 13.3. The fourth-order valence-electron chi connectivity index (χ4n) is 2.66. The summed E-state index contributed by atoms with van der Waals surface area (Å²) in [4.78, 5) is 12.4. The number of sulfonamides is 1. The SMILES string of the molecule is Cc1ccccc1CNC(=O)c1cccc(S(=O)(=O)Nc2cccc(F)c2)c1. The number of aryl methyl sites for hydroxylation is 1. The Kier molecular flexibility index (Phi) is 5.75. The highest BCUT2D eigenvalue weighted by molar-refractivity contribution is 7.92. The minimum atomic E-state index is -3.96. The van der Waals surface area contributed by atoms with Crippen LogP contribution >= 0.6 is 0 Å². The molecule has 0 aliphatic heterocycles. The summed E-state index contributed by atoms with van der Waals surface area (Å²) in [5.41, 5.74) is 2.36. The van der Waals surface area contributed by atoms with E-state index in [9.17, 15) is 17.6 Å². The molecule has 1 amide bonds. The predicted molar refractivity (Wildman–Crippen MR) is 106 cm³/mol. The average Bonchev–Trinajstić information content (AvgIpc) is 2.67. The number of anilines is 1. The minimum Gasteiger partial charge on any atom is -0.348 e. The van der Waals surface area contributed by atoms with Gasteiger partial charge in [0.15, 0.2) is 0 Å². The van der Waals surface area contributed by atoms with Crippen molar-refractivity contribution in [1.82, 2.24) is 5.32 Å². The third kappa shape index (κ3) is 4.75. The normalized spacial score (nSPS) is 11.1. The van der Waals surface area contributed by atoms with E-state index < -0.39 is 15.8 Å². The molecular formula is C21H19FN2O3S. The Hall–Kier alpha value is -3.19. The van der Waals surface area contributed by atoms with Crippen LogP contribution in [0.2, 0.25) is 0 Å². The molecule has 0 saturated carbocycles. The second-order valence-electron chi connectivity index (χ2n) is 6.25. The van der Waals surface area contributed by atoms with Crippen molar-refractivity contribution < 1.29 is 17.6 Å². The highest BCUT2D eigenvalue weighted by atomic mass is 32.2. The van der Waals surface area contributed by atoms with Gasteiger partial charge in [0.05, 0.1) is 10.6 Å². The Labute approximate surface area is 163 Å². The van der Waals surface area contributed by atoms with Gasteiger partial charge in [0.2, 0.25) is 0 Å². The van der Waals surface area contributed by atoms with Gasteiger partial charge in [0.25, 0.3) is 15.9 Å². The van der Waals surface area contributed by atoms with E-state index in [1.165, 1.54) is 42.5 Å². The van der Waals surface area contributed by atoms with Gasteiger partial charge in [0.1, 0.15) is 5.82 Å². The number of rotatable bonds is 6. The van der Waals surface area contributed by atoms with Crippen molar-refractivity contribution >= 4 is 21.6 Å². The molecule has 7 heteroatoms. The molecule has 0 radical (unpaired) electrons. The maximum Gasteiger partial charge on any atom is 0.261 e. The van der Waals surface area contributed by atoms with Crippen molar-refractivity contribution in [3.8, 4) is 0 Å². The fraction of sp³-hybridized carbons (Fsp3) is 0.0952. The molecule has 0 spiro atoms. The molecule has 3 aromatic carbocycles. The van der Waals surface area contributed by atoms with Crippen molar-refractivity contribution in [3.63, 3.8) is 0 Å². The quantitative estimate of drug-likeness (QED) is 0.662. The number of benzene rings is 3. The van der Waals surface area contributed by atoms with Crippen LogP contribution in [0.15, 0.2) is 77.7 Å². The van der Waals surface area contributed by atoms with Crippen LogP contribution in [-0.4, -0.2) is 14.3 Å². The molecule has 28 heavy (non-hydrogen) atoms. The number of hydrogen-bond acceptors (Lipinski definition) is 3. The molecule has 3 rings (SSSR count). The van der Waals surface area contributed by atoms with E-state index in [1.807, 2.05) is 31.2 Å². The number of carbonyl (C=O) groups excluding carboxylic acids is 1. The van der Waals surface area contributed by atoms with Crippen LogP contribution in [0.1, 0.15) is 21.5 Å². The summed E-state index contributed by atoms with van der Waals surface area (Å²) >= 11 is 0. The van der Waals surface area contributed by atoms with Crippen molar-refractivity contribution in [2.45, 2.75) is 18.4 Å². The van der Waals surface area contributed by atoms with Crippen LogP contribution in [0, 0.1) is 12.7 Å². The molecule has 0 aliphatic carbocycles. The summed E-state index contributed by atoms with van der Waals surface area (Å²) in [6.07, 6.45) is 0. The fourth-order valence-corrected chi connectivity index (χ4v) is 3.75. The predicted octanol–water partition coefficient (Wildman–Crippen LogP) is 3.86. The molecule has 2 N–H and O–H groups in total. The molecule has 0 aliphatic rings. The molecule has 0 heterocycles. The second kappa shape index (κ2) is 8.22. The number of carbonyl (C=O) groups is 1. The molecular weight excluding hydrogens is 379 g/mol. The van der Waals surface area contributed by atoms with E-state index in [4.69, 9.17) is 0 Å². The van der Waals surface area contributed by atoms with Crippen LogP contribution in [0.3, 0.4) is 0 Å². The molecule has 144 valence electrons. The first-order valence-electron chi connectivity index (χ1n) is 8.56. The Morgan fingerprint density at radius 2 is 1.71 bits per heavy atom. The molecule has 0 bridgehead atoms. The molecule has 0 aromatic heterocycles. The maximum absolute atomic E-state index is 13.3. The Morgan fingerprint density at radius 1 is 0.964 bits per heavy atom. The van der Waals surface area contributed by atoms with E-state index in [2.05, 4.69) is 10.0 Å². The lowest BCUT2D eigenvalue weighted by molar-refractivity contribution is 0.0950. The largest absolute Gasteiger partial charge is 0.348 e. The van der Waals surface area contributed by atoms with Crippen LogP contribution < -0.4 is 10.0 Å². The summed E-state index contributed by atoms with van der Waals surface area (Å²) in [7, 11) is -3.96. The molecule has 0 fully saturated rings. The van der Waals surface area contributed by atoms with Gasteiger partial charge >= 0.3 is 0 Å². The van der Waals surface area contributed by atoms with Gasteiger partial charge in [-0.15, -0.1) is 0 Å². The summed E-state index contributed by atoms with van der Waals surface area (Å²) < 4.78 is 40.7. The monoisotopic (exact) mass is 398 g/mol. The molecule has 0 atom stereocenters. The molecule has 0 unspecified atom stereocenters. The zero-order chi connectivity index (χ0) is 20.1. The smallest absolute Gasteiger partial charge is 0.261 e. The second-order valence-corrected chi connectivity index (χ2v) is 7.94. The Bertz CT molecular complexity index is 1110. The van der Waals surface area contributed by atoms with Crippen molar-refractivity contribution in [2.24, 2.45) is 0 Å². The summed E-state index contributed by atoms with van der Waals surface area (Å²) in [6.45, 7) is 2.29. The molecule has 0 saturated heterocycles. The zero-order valence-corrected chi connectivity index (χ0v) is 16.0. The minimum absolute atomic E-state index is 0.0831. The third-order valence-electron chi connectivity index (χ3n) is 4.18. The Morgan fingerprint density at radius 3 is 2.46 bits per heavy atom. The molecule has 5 nitrogen and oxygen atoms in total. The van der Waals surface area contributed by atoms with Gasteiger partial charge in [0, 0.05) is 12.1 Å². The molecule has 3 aromatic rings. The zero-order valence-electron chi connectivity index (χ0n) is 15.1. The van der Waals surface area contributed by atoms with Gasteiger partial charge in [-0.1, -0.05) is 36.4 Å². The Balaban J connectivity index is 1.75.